The Morgan fingerprint density at radius 1 is 1.41 bits per heavy atom. The van der Waals surface area contributed by atoms with Crippen molar-refractivity contribution in [1.29, 1.82) is 0 Å². The third kappa shape index (κ3) is 3.65. The topological polar surface area (TPSA) is 74.1 Å². The molecule has 94 valence electrons. The third-order valence-electron chi connectivity index (χ3n) is 2.17. The molecule has 0 amide bonds. The Morgan fingerprint density at radius 3 is 2.53 bits per heavy atom. The lowest BCUT2D eigenvalue weighted by Crippen LogP contribution is -2.18. The number of hydrogen-bond donors (Lipinski definition) is 0. The Morgan fingerprint density at radius 2 is 2.06 bits per heavy atom. The maximum atomic E-state index is 11.5. The Bertz CT molecular complexity index is 424. The van der Waals surface area contributed by atoms with Crippen molar-refractivity contribution in [3.8, 4) is 0 Å². The number of carbonyl (C=O) groups excluding carboxylic acids is 2. The molecule has 1 rings (SSSR count). The van der Waals surface area contributed by atoms with Gasteiger partial charge in [-0.05, 0) is 12.8 Å². The Labute approximate surface area is 99.9 Å². The molecular formula is C11H17N3O3. The van der Waals surface area contributed by atoms with Crippen molar-refractivity contribution in [3.05, 3.63) is 11.4 Å². The summed E-state index contributed by atoms with van der Waals surface area (Å²) in [5.41, 5.74) is 0.876. The van der Waals surface area contributed by atoms with Gasteiger partial charge in [-0.3, -0.25) is 9.59 Å². The minimum absolute atomic E-state index is 0.0150. The van der Waals surface area contributed by atoms with Crippen LogP contribution in [0.25, 0.3) is 0 Å². The van der Waals surface area contributed by atoms with Gasteiger partial charge in [-0.2, -0.15) is 0 Å². The van der Waals surface area contributed by atoms with Crippen molar-refractivity contribution < 1.29 is 14.3 Å². The Balaban J connectivity index is 2.63. The first-order valence-electron chi connectivity index (χ1n) is 5.48. The molecule has 1 aromatic heterocycles. The van der Waals surface area contributed by atoms with E-state index in [4.69, 9.17) is 4.74 Å². The molecule has 0 radical (unpaired) electrons. The van der Waals surface area contributed by atoms with E-state index in [1.165, 1.54) is 11.6 Å². The summed E-state index contributed by atoms with van der Waals surface area (Å²) >= 11 is 0. The molecule has 0 aliphatic rings. The zero-order chi connectivity index (χ0) is 13.0. The first-order valence-corrected chi connectivity index (χ1v) is 5.48. The van der Waals surface area contributed by atoms with Crippen LogP contribution in [0.3, 0.4) is 0 Å². The standard InChI is InChI=1S/C11H17N3O3/c1-7(2)6-17-10(16)5-14-8(3)11(9(4)15)12-13-14/h7H,5-6H2,1-4H3. The van der Waals surface area contributed by atoms with E-state index in [2.05, 4.69) is 10.3 Å². The second-order valence-corrected chi connectivity index (χ2v) is 4.31. The minimum Gasteiger partial charge on any atom is -0.464 e. The van der Waals surface area contributed by atoms with Crippen LogP contribution in [0.1, 0.15) is 37.0 Å². The summed E-state index contributed by atoms with van der Waals surface area (Å²) in [6.45, 7) is 7.40. The summed E-state index contributed by atoms with van der Waals surface area (Å²) < 4.78 is 6.39. The van der Waals surface area contributed by atoms with Crippen LogP contribution in [-0.2, 0) is 16.1 Å². The van der Waals surface area contributed by atoms with Gasteiger partial charge in [-0.25, -0.2) is 4.68 Å². The van der Waals surface area contributed by atoms with E-state index in [0.717, 1.165) is 0 Å². The molecule has 0 aromatic carbocycles. The van der Waals surface area contributed by atoms with Crippen molar-refractivity contribution in [1.82, 2.24) is 15.0 Å². The summed E-state index contributed by atoms with van der Waals surface area (Å²) in [6, 6.07) is 0. The number of nitrogens with zero attached hydrogens (tertiary/aromatic N) is 3. The second-order valence-electron chi connectivity index (χ2n) is 4.31. The average Bonchev–Trinajstić information content (AvgIpc) is 2.58. The van der Waals surface area contributed by atoms with Crippen molar-refractivity contribution in [3.63, 3.8) is 0 Å². The molecule has 0 spiro atoms. The quantitative estimate of drug-likeness (QED) is 0.565. The van der Waals surface area contributed by atoms with Crippen LogP contribution in [0.4, 0.5) is 0 Å². The van der Waals surface area contributed by atoms with Crippen molar-refractivity contribution >= 4 is 11.8 Å². The van der Waals surface area contributed by atoms with Crippen LogP contribution in [0.5, 0.6) is 0 Å². The molecule has 1 aromatic rings. The Kier molecular flexibility index (Phi) is 4.37. The second kappa shape index (κ2) is 5.56. The summed E-state index contributed by atoms with van der Waals surface area (Å²) in [5, 5.41) is 7.47. The van der Waals surface area contributed by atoms with E-state index in [1.807, 2.05) is 13.8 Å². The fraction of sp³-hybridized carbons (Fsp3) is 0.636. The first-order chi connectivity index (χ1) is 7.91. The van der Waals surface area contributed by atoms with Crippen LogP contribution in [0, 0.1) is 12.8 Å². The molecule has 6 nitrogen and oxygen atoms in total. The summed E-state index contributed by atoms with van der Waals surface area (Å²) in [4.78, 5) is 22.6. The number of aromatic nitrogens is 3. The number of hydrogen-bond acceptors (Lipinski definition) is 5. The fourth-order valence-corrected chi connectivity index (χ4v) is 1.26. The summed E-state index contributed by atoms with van der Waals surface area (Å²) in [6.07, 6.45) is 0. The maximum absolute atomic E-state index is 11.5. The maximum Gasteiger partial charge on any atom is 0.327 e. The number of ketones is 1. The molecule has 0 N–H and O–H groups in total. The number of Topliss-reactive ketones (excluding diaryl/α,β-unsaturated/α-hetero) is 1. The number of esters is 1. The van der Waals surface area contributed by atoms with Gasteiger partial charge in [0.15, 0.2) is 11.5 Å². The molecule has 0 atom stereocenters. The van der Waals surface area contributed by atoms with Gasteiger partial charge in [-0.1, -0.05) is 19.1 Å². The van der Waals surface area contributed by atoms with E-state index in [0.29, 0.717) is 23.9 Å². The fourth-order valence-electron chi connectivity index (χ4n) is 1.26. The van der Waals surface area contributed by atoms with Crippen molar-refractivity contribution in [2.75, 3.05) is 6.61 Å². The molecule has 0 saturated carbocycles. The van der Waals surface area contributed by atoms with Gasteiger partial charge in [0.25, 0.3) is 0 Å². The van der Waals surface area contributed by atoms with Crippen molar-refractivity contribution in [2.45, 2.75) is 34.2 Å². The summed E-state index contributed by atoms with van der Waals surface area (Å²) in [5.74, 6) is -0.241. The lowest BCUT2D eigenvalue weighted by molar-refractivity contribution is -0.145. The van der Waals surface area contributed by atoms with Crippen LogP contribution in [0.15, 0.2) is 0 Å². The number of ether oxygens (including phenoxy) is 1. The average molecular weight is 239 g/mol. The number of carbonyl (C=O) groups is 2. The Hall–Kier alpha value is -1.72. The predicted octanol–water partition coefficient (Wildman–Crippen LogP) is 0.988. The van der Waals surface area contributed by atoms with Crippen LogP contribution >= 0.6 is 0 Å². The van der Waals surface area contributed by atoms with E-state index < -0.39 is 0 Å². The molecule has 0 bridgehead atoms. The molecule has 0 aliphatic heterocycles. The number of rotatable bonds is 5. The van der Waals surface area contributed by atoms with Gasteiger partial charge >= 0.3 is 5.97 Å². The van der Waals surface area contributed by atoms with E-state index in [-0.39, 0.29) is 18.3 Å². The molecule has 0 unspecified atom stereocenters. The SMILES string of the molecule is CC(=O)c1nnn(CC(=O)OCC(C)C)c1C. The lowest BCUT2D eigenvalue weighted by atomic mass is 10.2. The minimum atomic E-state index is -0.373. The highest BCUT2D eigenvalue weighted by molar-refractivity contribution is 5.93. The van der Waals surface area contributed by atoms with Crippen LogP contribution < -0.4 is 0 Å². The van der Waals surface area contributed by atoms with Crippen LogP contribution in [-0.4, -0.2) is 33.4 Å². The van der Waals surface area contributed by atoms with Gasteiger partial charge in [-0.15, -0.1) is 5.10 Å². The van der Waals surface area contributed by atoms with Crippen molar-refractivity contribution in [2.24, 2.45) is 5.92 Å². The molecule has 6 heteroatoms. The van der Waals surface area contributed by atoms with Gasteiger partial charge in [0, 0.05) is 6.92 Å². The van der Waals surface area contributed by atoms with Gasteiger partial charge in [0.1, 0.15) is 6.54 Å². The molecule has 17 heavy (non-hydrogen) atoms. The largest absolute Gasteiger partial charge is 0.464 e. The summed E-state index contributed by atoms with van der Waals surface area (Å²) in [7, 11) is 0. The smallest absolute Gasteiger partial charge is 0.327 e. The molecule has 0 fully saturated rings. The third-order valence-corrected chi connectivity index (χ3v) is 2.17. The van der Waals surface area contributed by atoms with Gasteiger partial charge in [0.05, 0.1) is 12.3 Å². The van der Waals surface area contributed by atoms with E-state index in [9.17, 15) is 9.59 Å². The highest BCUT2D eigenvalue weighted by Crippen LogP contribution is 2.04. The van der Waals surface area contributed by atoms with E-state index >= 15 is 0 Å². The lowest BCUT2D eigenvalue weighted by Gasteiger charge is -2.07. The zero-order valence-electron chi connectivity index (χ0n) is 10.6. The predicted molar refractivity (Wildman–Crippen MR) is 60.6 cm³/mol. The van der Waals surface area contributed by atoms with Crippen LogP contribution in [0.2, 0.25) is 0 Å². The van der Waals surface area contributed by atoms with E-state index in [1.54, 1.807) is 6.92 Å². The molecular weight excluding hydrogens is 222 g/mol. The highest BCUT2D eigenvalue weighted by Gasteiger charge is 2.15. The first kappa shape index (κ1) is 13.3. The molecule has 1 heterocycles. The normalized spacial score (nSPS) is 10.6. The van der Waals surface area contributed by atoms with Gasteiger partial charge < -0.3 is 4.74 Å². The molecule has 0 saturated heterocycles. The highest BCUT2D eigenvalue weighted by atomic mass is 16.5. The van der Waals surface area contributed by atoms with Gasteiger partial charge in [0.2, 0.25) is 0 Å². The monoisotopic (exact) mass is 239 g/mol. The zero-order valence-corrected chi connectivity index (χ0v) is 10.6. The molecule has 0 aliphatic carbocycles.